The lowest BCUT2D eigenvalue weighted by Gasteiger charge is -2.17. The van der Waals surface area contributed by atoms with E-state index in [1.807, 2.05) is 12.1 Å². The van der Waals surface area contributed by atoms with Crippen LogP contribution in [0, 0.1) is 0 Å². The van der Waals surface area contributed by atoms with E-state index in [2.05, 4.69) is 5.32 Å². The maximum atomic E-state index is 12.6. The molecule has 9 nitrogen and oxygen atoms in total. The largest absolute Gasteiger partial charge is 0.464 e. The Morgan fingerprint density at radius 3 is 1.77 bits per heavy atom. The summed E-state index contributed by atoms with van der Waals surface area (Å²) in [6, 6.07) is 5.76. The van der Waals surface area contributed by atoms with E-state index in [9.17, 15) is 18.9 Å². The molecular weight excluding hydrogens is 425 g/mol. The number of ether oxygens (including phenoxy) is 2. The van der Waals surface area contributed by atoms with E-state index in [-0.39, 0.29) is 25.8 Å². The van der Waals surface area contributed by atoms with Gasteiger partial charge in [0.05, 0.1) is 32.6 Å². The second-order valence-electron chi connectivity index (χ2n) is 6.43. The van der Waals surface area contributed by atoms with E-state index < -0.39 is 31.5 Å². The van der Waals surface area contributed by atoms with Gasteiger partial charge in [-0.05, 0) is 45.2 Å². The van der Waals surface area contributed by atoms with E-state index in [4.69, 9.17) is 18.5 Å². The first-order valence-electron chi connectivity index (χ1n) is 10.4. The molecule has 1 aromatic rings. The van der Waals surface area contributed by atoms with Crippen LogP contribution in [0.3, 0.4) is 0 Å². The summed E-state index contributed by atoms with van der Waals surface area (Å²) < 4.78 is 32.9. The molecule has 1 amide bonds. The quantitative estimate of drug-likeness (QED) is 0.257. The highest BCUT2D eigenvalue weighted by atomic mass is 31.2. The Morgan fingerprint density at radius 1 is 0.839 bits per heavy atom. The smallest absolute Gasteiger partial charge is 0.340 e. The Morgan fingerprint density at radius 2 is 1.32 bits per heavy atom. The summed E-state index contributed by atoms with van der Waals surface area (Å²) in [5.41, 5.74) is 1.66. The first-order chi connectivity index (χ1) is 14.8. The molecule has 0 fully saturated rings. The van der Waals surface area contributed by atoms with Crippen LogP contribution in [-0.4, -0.2) is 50.3 Å². The molecule has 1 N–H and O–H groups in total. The maximum absolute atomic E-state index is 12.6. The average molecular weight is 457 g/mol. The van der Waals surface area contributed by atoms with Gasteiger partial charge in [-0.25, -0.2) is 9.59 Å². The van der Waals surface area contributed by atoms with E-state index in [0.29, 0.717) is 19.6 Å². The number of esters is 2. The summed E-state index contributed by atoms with van der Waals surface area (Å²) in [5.74, 6) is -2.19. The van der Waals surface area contributed by atoms with Crippen molar-refractivity contribution in [1.29, 1.82) is 0 Å². The minimum Gasteiger partial charge on any atom is -0.464 e. The average Bonchev–Trinajstić information content (AvgIpc) is 2.72. The van der Waals surface area contributed by atoms with Gasteiger partial charge in [-0.3, -0.25) is 9.36 Å². The van der Waals surface area contributed by atoms with E-state index >= 15 is 0 Å². The van der Waals surface area contributed by atoms with Crippen molar-refractivity contribution in [2.75, 3.05) is 26.4 Å². The minimum absolute atomic E-state index is 0.0606. The van der Waals surface area contributed by atoms with Gasteiger partial charge in [-0.2, -0.15) is 0 Å². The number of benzene rings is 1. The third kappa shape index (κ3) is 9.63. The van der Waals surface area contributed by atoms with Crippen LogP contribution >= 0.6 is 7.60 Å². The van der Waals surface area contributed by atoms with Gasteiger partial charge >= 0.3 is 19.5 Å². The van der Waals surface area contributed by atoms with Crippen LogP contribution in [0.4, 0.5) is 0 Å². The Balaban J connectivity index is 2.67. The molecule has 0 saturated carbocycles. The predicted molar refractivity (Wildman–Crippen MR) is 115 cm³/mol. The van der Waals surface area contributed by atoms with Crippen LogP contribution in [0.25, 0.3) is 0 Å². The first-order valence-corrected chi connectivity index (χ1v) is 12.1. The first kappa shape index (κ1) is 26.8. The monoisotopic (exact) mass is 457 g/mol. The fourth-order valence-electron chi connectivity index (χ4n) is 2.71. The molecule has 0 spiro atoms. The number of carbonyl (C=O) groups excluding carboxylic acids is 3. The van der Waals surface area contributed by atoms with Crippen LogP contribution < -0.4 is 5.32 Å². The molecule has 0 unspecified atom stereocenters. The molecule has 174 valence electrons. The van der Waals surface area contributed by atoms with Crippen LogP contribution in [0.2, 0.25) is 0 Å². The lowest BCUT2D eigenvalue weighted by Crippen LogP contribution is -2.48. The molecule has 0 saturated heterocycles. The number of amides is 1. The lowest BCUT2D eigenvalue weighted by atomic mass is 10.1. The van der Waals surface area contributed by atoms with E-state index in [1.165, 1.54) is 0 Å². The Labute approximate surface area is 183 Å². The zero-order valence-electron chi connectivity index (χ0n) is 18.5. The Hall–Kier alpha value is -2.22. The molecule has 1 aromatic carbocycles. The van der Waals surface area contributed by atoms with Gasteiger partial charge in [-0.1, -0.05) is 24.3 Å². The molecule has 31 heavy (non-hydrogen) atoms. The second-order valence-corrected chi connectivity index (χ2v) is 8.48. The Bertz CT molecular complexity index is 737. The van der Waals surface area contributed by atoms with Crippen molar-refractivity contribution in [2.45, 2.75) is 52.7 Å². The van der Waals surface area contributed by atoms with Crippen molar-refractivity contribution in [2.24, 2.45) is 0 Å². The molecule has 0 atom stereocenters. The molecule has 0 bridgehead atoms. The normalized spacial score (nSPS) is 11.3. The zero-order valence-corrected chi connectivity index (χ0v) is 19.4. The molecular formula is C21H32NO8P. The molecule has 0 aromatic heterocycles. The van der Waals surface area contributed by atoms with Gasteiger partial charge < -0.3 is 23.8 Å². The van der Waals surface area contributed by atoms with Crippen molar-refractivity contribution >= 4 is 25.4 Å². The number of carbonyl (C=O) groups is 3. The van der Waals surface area contributed by atoms with Crippen LogP contribution in [0.15, 0.2) is 24.3 Å². The van der Waals surface area contributed by atoms with Crippen molar-refractivity contribution in [1.82, 2.24) is 5.32 Å². The second kappa shape index (κ2) is 14.0. The summed E-state index contributed by atoms with van der Waals surface area (Å²) in [4.78, 5) is 36.1. The third-order valence-corrected chi connectivity index (χ3v) is 6.10. The van der Waals surface area contributed by atoms with Crippen molar-refractivity contribution in [3.63, 3.8) is 0 Å². The van der Waals surface area contributed by atoms with E-state index in [0.717, 1.165) is 11.1 Å². The number of hydrogen-bond donors (Lipinski definition) is 1. The molecule has 0 aliphatic carbocycles. The zero-order chi connectivity index (χ0) is 23.3. The molecule has 0 aliphatic rings. The molecule has 10 heteroatoms. The fraction of sp³-hybridized carbons (Fsp3) is 0.571. The van der Waals surface area contributed by atoms with Gasteiger partial charge in [0, 0.05) is 6.42 Å². The van der Waals surface area contributed by atoms with Gasteiger partial charge in [0.1, 0.15) is 0 Å². The maximum Gasteiger partial charge on any atom is 0.340 e. The summed E-state index contributed by atoms with van der Waals surface area (Å²) >= 11 is 0. The number of nitrogens with one attached hydrogen (secondary N) is 1. The molecule has 0 radical (unpaired) electrons. The SMILES string of the molecule is CCOC(=O)C(NC(=O)CCc1ccc(CP(=O)(OCC)OCC)cc1)C(=O)OCC. The highest BCUT2D eigenvalue weighted by Gasteiger charge is 2.31. The summed E-state index contributed by atoms with van der Waals surface area (Å²) in [6.45, 7) is 7.47. The number of aryl methyl sites for hydroxylation is 1. The van der Waals surface area contributed by atoms with Crippen LogP contribution in [-0.2, 0) is 50.1 Å². The summed E-state index contributed by atoms with van der Waals surface area (Å²) in [7, 11) is -3.19. The Kier molecular flexibility index (Phi) is 12.1. The van der Waals surface area contributed by atoms with Gasteiger partial charge in [0.25, 0.3) is 0 Å². The standard InChI is InChI=1S/C21H32NO8P/c1-5-27-20(24)19(21(25)28-6-2)22-18(23)14-13-16-9-11-17(12-10-16)15-31(26,29-7-3)30-8-4/h9-12,19H,5-8,13-15H2,1-4H3,(H,22,23). The topological polar surface area (TPSA) is 117 Å². The van der Waals surface area contributed by atoms with Gasteiger partial charge in [0.15, 0.2) is 0 Å². The number of hydrogen-bond acceptors (Lipinski definition) is 8. The minimum atomic E-state index is -3.19. The van der Waals surface area contributed by atoms with E-state index in [1.54, 1.807) is 39.8 Å². The molecule has 1 rings (SSSR count). The molecule has 0 heterocycles. The summed E-state index contributed by atoms with van der Waals surface area (Å²) in [5, 5.41) is 2.37. The highest BCUT2D eigenvalue weighted by molar-refractivity contribution is 7.53. The van der Waals surface area contributed by atoms with Crippen molar-refractivity contribution < 1.29 is 37.5 Å². The van der Waals surface area contributed by atoms with Gasteiger partial charge in [-0.15, -0.1) is 0 Å². The fourth-order valence-corrected chi connectivity index (χ4v) is 4.42. The molecule has 0 aliphatic heterocycles. The van der Waals surface area contributed by atoms with Crippen LogP contribution in [0.5, 0.6) is 0 Å². The van der Waals surface area contributed by atoms with Gasteiger partial charge in [0.2, 0.25) is 11.9 Å². The van der Waals surface area contributed by atoms with Crippen LogP contribution in [0.1, 0.15) is 45.2 Å². The van der Waals surface area contributed by atoms with Crippen molar-refractivity contribution in [3.05, 3.63) is 35.4 Å². The highest BCUT2D eigenvalue weighted by Crippen LogP contribution is 2.51. The third-order valence-electron chi connectivity index (χ3n) is 4.04. The summed E-state index contributed by atoms with van der Waals surface area (Å²) in [6.07, 6.45) is 0.611. The predicted octanol–water partition coefficient (Wildman–Crippen LogP) is 3.00. The number of rotatable bonds is 14. The van der Waals surface area contributed by atoms with Crippen molar-refractivity contribution in [3.8, 4) is 0 Å². The lowest BCUT2D eigenvalue weighted by molar-refractivity contribution is -0.159.